The number of benzene rings is 1. The van der Waals surface area contributed by atoms with Crippen LogP contribution in [0.15, 0.2) is 22.7 Å². The molecule has 1 aromatic rings. The van der Waals surface area contributed by atoms with Gasteiger partial charge in [0.1, 0.15) is 5.75 Å². The summed E-state index contributed by atoms with van der Waals surface area (Å²) in [6.45, 7) is 3.60. The summed E-state index contributed by atoms with van der Waals surface area (Å²) < 4.78 is 6.08. The lowest BCUT2D eigenvalue weighted by atomic mass is 9.88. The van der Waals surface area contributed by atoms with Gasteiger partial charge in [0.05, 0.1) is 27.5 Å². The van der Waals surface area contributed by atoms with E-state index in [9.17, 15) is 14.9 Å². The van der Waals surface area contributed by atoms with Gasteiger partial charge in [0.2, 0.25) is 0 Å². The average Bonchev–Trinajstić information content (AvgIpc) is 2.36. The number of nitro benzene ring substituents is 1. The third-order valence-electron chi connectivity index (χ3n) is 2.91. The zero-order valence-electron chi connectivity index (χ0n) is 11.3. The minimum atomic E-state index is -0.853. The second kappa shape index (κ2) is 6.69. The number of hydrogen-bond donors (Lipinski definition) is 1. The van der Waals surface area contributed by atoms with E-state index in [1.165, 1.54) is 12.1 Å². The fourth-order valence-electron chi connectivity index (χ4n) is 1.52. The molecule has 0 heterocycles. The zero-order valence-corrected chi connectivity index (χ0v) is 12.8. The van der Waals surface area contributed by atoms with Gasteiger partial charge >= 0.3 is 5.97 Å². The van der Waals surface area contributed by atoms with Gasteiger partial charge in [0.25, 0.3) is 5.69 Å². The van der Waals surface area contributed by atoms with Gasteiger partial charge in [0.15, 0.2) is 0 Å². The van der Waals surface area contributed by atoms with Crippen molar-refractivity contribution < 1.29 is 19.6 Å². The third kappa shape index (κ3) is 4.48. The molecule has 0 unspecified atom stereocenters. The summed E-state index contributed by atoms with van der Waals surface area (Å²) in [4.78, 5) is 21.1. The van der Waals surface area contributed by atoms with Crippen LogP contribution in [0.2, 0.25) is 0 Å². The van der Waals surface area contributed by atoms with Gasteiger partial charge in [-0.15, -0.1) is 0 Å². The highest BCUT2D eigenvalue weighted by Crippen LogP contribution is 2.30. The number of hydrogen-bond acceptors (Lipinski definition) is 4. The molecule has 7 heteroatoms. The molecule has 0 saturated carbocycles. The molecule has 110 valence electrons. The fraction of sp³-hybridized carbons (Fsp3) is 0.462. The maximum Gasteiger partial charge on any atom is 0.309 e. The maximum atomic E-state index is 10.9. The smallest absolute Gasteiger partial charge is 0.309 e. The van der Waals surface area contributed by atoms with Crippen molar-refractivity contribution in [1.82, 2.24) is 0 Å². The van der Waals surface area contributed by atoms with Crippen molar-refractivity contribution in [2.24, 2.45) is 5.41 Å². The Balaban J connectivity index is 2.56. The van der Waals surface area contributed by atoms with E-state index in [0.29, 0.717) is 29.7 Å². The van der Waals surface area contributed by atoms with Crippen LogP contribution in [-0.2, 0) is 4.79 Å². The molecular formula is C13H16BrNO5. The molecule has 1 rings (SSSR count). The number of nitrogens with zero attached hydrogens (tertiary/aromatic N) is 1. The van der Waals surface area contributed by atoms with Crippen LogP contribution in [0.4, 0.5) is 5.69 Å². The Morgan fingerprint density at radius 1 is 1.50 bits per heavy atom. The topological polar surface area (TPSA) is 89.7 Å². The third-order valence-corrected chi connectivity index (χ3v) is 3.56. The van der Waals surface area contributed by atoms with Crippen LogP contribution in [0.25, 0.3) is 0 Å². The predicted octanol–water partition coefficient (Wildman–Crippen LogP) is 3.63. The number of rotatable bonds is 7. The standard InChI is InChI=1S/C13H16BrNO5/c1-13(2,12(16)17)6-3-7-20-11-8-9(15(18)19)4-5-10(11)14/h4-5,8H,3,6-7H2,1-2H3,(H,16,17). The van der Waals surface area contributed by atoms with Crippen LogP contribution in [-0.4, -0.2) is 22.6 Å². The van der Waals surface area contributed by atoms with E-state index in [2.05, 4.69) is 15.9 Å². The highest BCUT2D eigenvalue weighted by atomic mass is 79.9. The lowest BCUT2D eigenvalue weighted by Gasteiger charge is -2.18. The molecule has 0 aliphatic rings. The van der Waals surface area contributed by atoms with E-state index < -0.39 is 16.3 Å². The van der Waals surface area contributed by atoms with Crippen LogP contribution in [0.5, 0.6) is 5.75 Å². The first-order chi connectivity index (χ1) is 9.24. The van der Waals surface area contributed by atoms with Crippen LogP contribution in [0, 0.1) is 15.5 Å². The molecule has 0 radical (unpaired) electrons. The van der Waals surface area contributed by atoms with Gasteiger partial charge in [-0.2, -0.15) is 0 Å². The lowest BCUT2D eigenvalue weighted by Crippen LogP contribution is -2.24. The number of aliphatic carboxylic acids is 1. The number of carboxylic acids is 1. The van der Waals surface area contributed by atoms with Crippen LogP contribution < -0.4 is 4.74 Å². The van der Waals surface area contributed by atoms with Crippen molar-refractivity contribution in [3.63, 3.8) is 0 Å². The summed E-state index contributed by atoms with van der Waals surface area (Å²) in [6, 6.07) is 4.27. The molecule has 20 heavy (non-hydrogen) atoms. The predicted molar refractivity (Wildman–Crippen MR) is 76.9 cm³/mol. The molecule has 1 aromatic carbocycles. The fourth-order valence-corrected chi connectivity index (χ4v) is 1.88. The molecule has 6 nitrogen and oxygen atoms in total. The number of non-ortho nitro benzene ring substituents is 1. The molecule has 0 amide bonds. The van der Waals surface area contributed by atoms with Crippen molar-refractivity contribution >= 4 is 27.6 Å². The number of halogens is 1. The second-order valence-electron chi connectivity index (χ2n) is 5.01. The van der Waals surface area contributed by atoms with Crippen LogP contribution in [0.3, 0.4) is 0 Å². The Hall–Kier alpha value is -1.63. The van der Waals surface area contributed by atoms with Gasteiger partial charge < -0.3 is 9.84 Å². The molecule has 0 atom stereocenters. The van der Waals surface area contributed by atoms with Gasteiger partial charge in [-0.05, 0) is 48.7 Å². The molecule has 0 spiro atoms. The van der Waals surface area contributed by atoms with Crippen LogP contribution in [0.1, 0.15) is 26.7 Å². The molecule has 0 fully saturated rings. The summed E-state index contributed by atoms with van der Waals surface area (Å²) in [6.07, 6.45) is 1.02. The Morgan fingerprint density at radius 3 is 2.70 bits per heavy atom. The van der Waals surface area contributed by atoms with E-state index in [1.807, 2.05) is 0 Å². The van der Waals surface area contributed by atoms with E-state index in [-0.39, 0.29) is 5.69 Å². The van der Waals surface area contributed by atoms with Crippen molar-refractivity contribution in [1.29, 1.82) is 0 Å². The summed E-state index contributed by atoms with van der Waals surface area (Å²) >= 11 is 3.25. The largest absolute Gasteiger partial charge is 0.492 e. The SMILES string of the molecule is CC(C)(CCCOc1cc([N+](=O)[O-])ccc1Br)C(=O)O. The van der Waals surface area contributed by atoms with Gasteiger partial charge in [-0.3, -0.25) is 14.9 Å². The molecule has 1 N–H and O–H groups in total. The lowest BCUT2D eigenvalue weighted by molar-refractivity contribution is -0.385. The number of carbonyl (C=O) groups is 1. The second-order valence-corrected chi connectivity index (χ2v) is 5.87. The highest BCUT2D eigenvalue weighted by molar-refractivity contribution is 9.10. The van der Waals surface area contributed by atoms with Crippen LogP contribution >= 0.6 is 15.9 Å². The quantitative estimate of drug-likeness (QED) is 0.463. The van der Waals surface area contributed by atoms with Crippen molar-refractivity contribution in [3.05, 3.63) is 32.8 Å². The van der Waals surface area contributed by atoms with Crippen molar-refractivity contribution in [2.45, 2.75) is 26.7 Å². The molecule has 0 aromatic heterocycles. The summed E-state index contributed by atoms with van der Waals surface area (Å²) in [7, 11) is 0. The Morgan fingerprint density at radius 2 is 2.15 bits per heavy atom. The van der Waals surface area contributed by atoms with E-state index in [4.69, 9.17) is 9.84 Å². The summed E-state index contributed by atoms with van der Waals surface area (Å²) in [5.41, 5.74) is -0.849. The van der Waals surface area contributed by atoms with Crippen molar-refractivity contribution in [2.75, 3.05) is 6.61 Å². The zero-order chi connectivity index (χ0) is 15.3. The highest BCUT2D eigenvalue weighted by Gasteiger charge is 2.26. The molecular weight excluding hydrogens is 330 g/mol. The summed E-state index contributed by atoms with van der Waals surface area (Å²) in [5, 5.41) is 19.6. The van der Waals surface area contributed by atoms with Gasteiger partial charge in [-0.1, -0.05) is 0 Å². The maximum absolute atomic E-state index is 10.9. The first-order valence-corrected chi connectivity index (χ1v) is 6.83. The van der Waals surface area contributed by atoms with Gasteiger partial charge in [0, 0.05) is 6.07 Å². The van der Waals surface area contributed by atoms with E-state index in [0.717, 1.165) is 0 Å². The molecule has 0 aliphatic carbocycles. The normalized spacial score (nSPS) is 11.2. The first kappa shape index (κ1) is 16.4. The minimum absolute atomic E-state index is 0.0472. The minimum Gasteiger partial charge on any atom is -0.492 e. The van der Waals surface area contributed by atoms with E-state index in [1.54, 1.807) is 19.9 Å². The average molecular weight is 346 g/mol. The number of ether oxygens (including phenoxy) is 1. The Labute approximate surface area is 125 Å². The first-order valence-electron chi connectivity index (χ1n) is 6.04. The molecule has 0 bridgehead atoms. The monoisotopic (exact) mass is 345 g/mol. The summed E-state index contributed by atoms with van der Waals surface area (Å²) in [5.74, 6) is -0.471. The van der Waals surface area contributed by atoms with Gasteiger partial charge in [-0.25, -0.2) is 0 Å². The Kier molecular flexibility index (Phi) is 5.50. The number of carboxylic acid groups (broad SMARTS) is 1. The molecule has 0 aliphatic heterocycles. The van der Waals surface area contributed by atoms with Crippen molar-refractivity contribution in [3.8, 4) is 5.75 Å². The molecule has 0 saturated heterocycles. The Bertz CT molecular complexity index is 515. The number of nitro groups is 1. The van der Waals surface area contributed by atoms with E-state index >= 15 is 0 Å².